The van der Waals surface area contributed by atoms with Gasteiger partial charge in [0.05, 0.1) is 25.7 Å². The van der Waals surface area contributed by atoms with Crippen LogP contribution in [0.1, 0.15) is 30.2 Å². The minimum atomic E-state index is -0.164. The van der Waals surface area contributed by atoms with E-state index in [9.17, 15) is 4.79 Å². The lowest BCUT2D eigenvalue weighted by atomic mass is 10.0. The summed E-state index contributed by atoms with van der Waals surface area (Å²) in [6.45, 7) is 5.37. The maximum absolute atomic E-state index is 11.9. The van der Waals surface area contributed by atoms with Crippen molar-refractivity contribution in [2.45, 2.75) is 39.7 Å². The van der Waals surface area contributed by atoms with E-state index in [1.54, 1.807) is 7.11 Å². The van der Waals surface area contributed by atoms with Crippen LogP contribution < -0.4 is 4.74 Å². The molecule has 2 aromatic rings. The van der Waals surface area contributed by atoms with E-state index in [1.165, 1.54) is 16.8 Å². The van der Waals surface area contributed by atoms with Gasteiger partial charge in [0.1, 0.15) is 5.75 Å². The van der Waals surface area contributed by atoms with E-state index in [4.69, 9.17) is 9.47 Å². The molecule has 3 rings (SSSR count). The summed E-state index contributed by atoms with van der Waals surface area (Å²) in [5, 5.41) is 1.13. The number of carbonyl (C=O) groups is 1. The second kappa shape index (κ2) is 5.43. The van der Waals surface area contributed by atoms with Gasteiger partial charge in [0, 0.05) is 17.6 Å². The second-order valence-electron chi connectivity index (χ2n) is 5.48. The van der Waals surface area contributed by atoms with Crippen molar-refractivity contribution in [1.82, 2.24) is 4.57 Å². The van der Waals surface area contributed by atoms with Crippen molar-refractivity contribution in [2.75, 3.05) is 13.7 Å². The summed E-state index contributed by atoms with van der Waals surface area (Å²) in [7, 11) is 1.69. The quantitative estimate of drug-likeness (QED) is 0.812. The predicted molar refractivity (Wildman–Crippen MR) is 81.9 cm³/mol. The third-order valence-electron chi connectivity index (χ3n) is 4.29. The minimum Gasteiger partial charge on any atom is -0.497 e. The van der Waals surface area contributed by atoms with E-state index >= 15 is 0 Å². The number of ether oxygens (including phenoxy) is 2. The molecule has 0 amide bonds. The van der Waals surface area contributed by atoms with Crippen LogP contribution in [0.2, 0.25) is 0 Å². The highest BCUT2D eigenvalue weighted by Gasteiger charge is 2.22. The Morgan fingerprint density at radius 3 is 2.90 bits per heavy atom. The van der Waals surface area contributed by atoms with E-state index in [0.717, 1.165) is 36.1 Å². The molecular weight excluding hydrogens is 266 g/mol. The SMILES string of the molecule is CCOC(=O)Cc1c(C)n2c3c(cc(OC)cc13)CCC2. The first-order valence-electron chi connectivity index (χ1n) is 7.50. The van der Waals surface area contributed by atoms with Crippen molar-refractivity contribution < 1.29 is 14.3 Å². The molecule has 1 aromatic heterocycles. The van der Waals surface area contributed by atoms with Crippen molar-refractivity contribution in [3.8, 4) is 5.75 Å². The van der Waals surface area contributed by atoms with Crippen LogP contribution in [0.3, 0.4) is 0 Å². The number of rotatable bonds is 4. The van der Waals surface area contributed by atoms with Gasteiger partial charge in [0.25, 0.3) is 0 Å². The minimum absolute atomic E-state index is 0.164. The molecule has 0 bridgehead atoms. The smallest absolute Gasteiger partial charge is 0.310 e. The van der Waals surface area contributed by atoms with Crippen LogP contribution >= 0.6 is 0 Å². The molecule has 0 aliphatic carbocycles. The van der Waals surface area contributed by atoms with Crippen molar-refractivity contribution in [3.05, 3.63) is 29.0 Å². The number of carbonyl (C=O) groups excluding carboxylic acids is 1. The molecule has 0 radical (unpaired) electrons. The Balaban J connectivity index is 2.17. The summed E-state index contributed by atoms with van der Waals surface area (Å²) in [6, 6.07) is 4.16. The fourth-order valence-electron chi connectivity index (χ4n) is 3.33. The molecular formula is C17H21NO3. The number of hydrogen-bond donors (Lipinski definition) is 0. The number of nitrogens with zero attached hydrogens (tertiary/aromatic N) is 1. The molecule has 4 heteroatoms. The molecule has 112 valence electrons. The van der Waals surface area contributed by atoms with Crippen molar-refractivity contribution in [3.63, 3.8) is 0 Å². The topological polar surface area (TPSA) is 40.5 Å². The van der Waals surface area contributed by atoms with Gasteiger partial charge in [-0.25, -0.2) is 0 Å². The fourth-order valence-corrected chi connectivity index (χ4v) is 3.33. The molecule has 4 nitrogen and oxygen atoms in total. The predicted octanol–water partition coefficient (Wildman–Crippen LogP) is 3.01. The molecule has 0 atom stereocenters. The lowest BCUT2D eigenvalue weighted by molar-refractivity contribution is -0.142. The lowest BCUT2D eigenvalue weighted by Crippen LogP contribution is -2.10. The first-order chi connectivity index (χ1) is 10.2. The monoisotopic (exact) mass is 287 g/mol. The molecule has 0 fully saturated rings. The Morgan fingerprint density at radius 1 is 1.38 bits per heavy atom. The molecule has 1 aromatic carbocycles. The summed E-state index contributed by atoms with van der Waals surface area (Å²) in [5.41, 5.74) is 4.82. The number of aryl methyl sites for hydroxylation is 2. The first kappa shape index (κ1) is 14.0. The van der Waals surface area contributed by atoms with Crippen LogP contribution in [0.25, 0.3) is 10.9 Å². The van der Waals surface area contributed by atoms with Crippen LogP contribution in [-0.4, -0.2) is 24.3 Å². The lowest BCUT2D eigenvalue weighted by Gasteiger charge is -2.17. The van der Waals surface area contributed by atoms with E-state index in [1.807, 2.05) is 13.0 Å². The summed E-state index contributed by atoms with van der Waals surface area (Å²) in [6.07, 6.45) is 2.52. The highest BCUT2D eigenvalue weighted by Crippen LogP contribution is 2.36. The van der Waals surface area contributed by atoms with Gasteiger partial charge >= 0.3 is 5.97 Å². The molecule has 1 aliphatic heterocycles. The maximum atomic E-state index is 11.9. The molecule has 0 saturated heterocycles. The highest BCUT2D eigenvalue weighted by molar-refractivity contribution is 5.93. The zero-order chi connectivity index (χ0) is 15.0. The Morgan fingerprint density at radius 2 is 2.19 bits per heavy atom. The number of esters is 1. The Labute approximate surface area is 124 Å². The molecule has 0 spiro atoms. The Kier molecular flexibility index (Phi) is 3.62. The van der Waals surface area contributed by atoms with E-state index in [-0.39, 0.29) is 5.97 Å². The average molecular weight is 287 g/mol. The largest absolute Gasteiger partial charge is 0.497 e. The number of hydrogen-bond acceptors (Lipinski definition) is 3. The average Bonchev–Trinajstić information content (AvgIpc) is 2.75. The fraction of sp³-hybridized carbons (Fsp3) is 0.471. The van der Waals surface area contributed by atoms with Crippen LogP contribution in [0.15, 0.2) is 12.1 Å². The summed E-state index contributed by atoms with van der Waals surface area (Å²) in [4.78, 5) is 11.9. The van der Waals surface area contributed by atoms with Crippen LogP contribution in [0, 0.1) is 6.92 Å². The molecule has 0 N–H and O–H groups in total. The normalized spacial score (nSPS) is 13.5. The number of benzene rings is 1. The Bertz CT molecular complexity index is 700. The van der Waals surface area contributed by atoms with Gasteiger partial charge in [-0.05, 0) is 49.9 Å². The van der Waals surface area contributed by atoms with Gasteiger partial charge in [-0.15, -0.1) is 0 Å². The van der Waals surface area contributed by atoms with Gasteiger partial charge in [0.2, 0.25) is 0 Å². The van der Waals surface area contributed by atoms with Crippen molar-refractivity contribution in [1.29, 1.82) is 0 Å². The zero-order valence-electron chi connectivity index (χ0n) is 12.9. The standard InChI is InChI=1S/C17H21NO3/c1-4-21-16(19)10-14-11(2)18-7-5-6-12-8-13(20-3)9-15(14)17(12)18/h8-9H,4-7,10H2,1-3H3. The molecule has 2 heterocycles. The van der Waals surface area contributed by atoms with Crippen LogP contribution in [-0.2, 0) is 28.9 Å². The van der Waals surface area contributed by atoms with Gasteiger partial charge in [-0.3, -0.25) is 4.79 Å². The summed E-state index contributed by atoms with van der Waals surface area (Å²) < 4.78 is 12.9. The number of aromatic nitrogens is 1. The Hall–Kier alpha value is -1.97. The summed E-state index contributed by atoms with van der Waals surface area (Å²) in [5.74, 6) is 0.699. The van der Waals surface area contributed by atoms with Gasteiger partial charge < -0.3 is 14.0 Å². The third-order valence-corrected chi connectivity index (χ3v) is 4.29. The van der Waals surface area contributed by atoms with Crippen molar-refractivity contribution >= 4 is 16.9 Å². The highest BCUT2D eigenvalue weighted by atomic mass is 16.5. The molecule has 0 unspecified atom stereocenters. The van der Waals surface area contributed by atoms with Gasteiger partial charge in [0.15, 0.2) is 0 Å². The van der Waals surface area contributed by atoms with Crippen molar-refractivity contribution in [2.24, 2.45) is 0 Å². The van der Waals surface area contributed by atoms with Gasteiger partial charge in [-0.2, -0.15) is 0 Å². The second-order valence-corrected chi connectivity index (χ2v) is 5.48. The van der Waals surface area contributed by atoms with Crippen LogP contribution in [0.5, 0.6) is 5.75 Å². The third kappa shape index (κ3) is 2.28. The first-order valence-corrected chi connectivity index (χ1v) is 7.50. The van der Waals surface area contributed by atoms with Gasteiger partial charge in [-0.1, -0.05) is 0 Å². The zero-order valence-corrected chi connectivity index (χ0v) is 12.9. The maximum Gasteiger partial charge on any atom is 0.310 e. The molecule has 1 aliphatic rings. The van der Waals surface area contributed by atoms with E-state index in [2.05, 4.69) is 17.6 Å². The number of methoxy groups -OCH3 is 1. The van der Waals surface area contributed by atoms with Crippen LogP contribution in [0.4, 0.5) is 0 Å². The summed E-state index contributed by atoms with van der Waals surface area (Å²) >= 11 is 0. The molecule has 21 heavy (non-hydrogen) atoms. The molecule has 0 saturated carbocycles. The van der Waals surface area contributed by atoms with E-state index < -0.39 is 0 Å². The van der Waals surface area contributed by atoms with E-state index in [0.29, 0.717) is 13.0 Å².